The van der Waals surface area contributed by atoms with Crippen LogP contribution in [0.3, 0.4) is 0 Å². The quantitative estimate of drug-likeness (QED) is 0.662. The average Bonchev–Trinajstić information content (AvgIpc) is 2.25. The molecule has 0 aliphatic heterocycles. The molecule has 0 atom stereocenters. The molecule has 0 aliphatic carbocycles. The van der Waals surface area contributed by atoms with E-state index in [9.17, 15) is 14.4 Å². The van der Waals surface area contributed by atoms with Crippen molar-refractivity contribution in [1.82, 2.24) is 4.90 Å². The lowest BCUT2D eigenvalue weighted by Gasteiger charge is -2.27. The van der Waals surface area contributed by atoms with Gasteiger partial charge in [0.05, 0.1) is 14.2 Å². The van der Waals surface area contributed by atoms with Crippen molar-refractivity contribution in [3.63, 3.8) is 0 Å². The number of nitrogens with zero attached hydrogens (tertiary/aromatic N) is 1. The third kappa shape index (κ3) is 5.33. The maximum atomic E-state index is 12.0. The summed E-state index contributed by atoms with van der Waals surface area (Å²) in [6.45, 7) is 4.59. The second-order valence-corrected chi connectivity index (χ2v) is 4.56. The highest BCUT2D eigenvalue weighted by Gasteiger charge is 2.30. The third-order valence-corrected chi connectivity index (χ3v) is 2.02. The lowest BCUT2D eigenvalue weighted by molar-refractivity contribution is -0.155. The fourth-order valence-electron chi connectivity index (χ4n) is 1.11. The monoisotopic (exact) mass is 245 g/mol. The van der Waals surface area contributed by atoms with Gasteiger partial charge in [0, 0.05) is 5.41 Å². The van der Waals surface area contributed by atoms with Crippen molar-refractivity contribution in [1.29, 1.82) is 0 Å². The van der Waals surface area contributed by atoms with Gasteiger partial charge in [-0.3, -0.25) is 14.4 Å². The molecule has 0 fully saturated rings. The van der Waals surface area contributed by atoms with Crippen molar-refractivity contribution in [2.24, 2.45) is 5.41 Å². The highest BCUT2D eigenvalue weighted by Crippen LogP contribution is 2.17. The summed E-state index contributed by atoms with van der Waals surface area (Å²) < 4.78 is 8.95. The van der Waals surface area contributed by atoms with Gasteiger partial charge in [-0.05, 0) is 0 Å². The first kappa shape index (κ1) is 15.4. The molecule has 6 nitrogen and oxygen atoms in total. The fourth-order valence-corrected chi connectivity index (χ4v) is 1.11. The molecule has 0 radical (unpaired) electrons. The third-order valence-electron chi connectivity index (χ3n) is 2.02. The minimum Gasteiger partial charge on any atom is -0.468 e. The number of hydrogen-bond acceptors (Lipinski definition) is 5. The SMILES string of the molecule is COC(=O)CN(CC(=O)OC)C(=O)C(C)(C)C. The Morgan fingerprint density at radius 2 is 1.29 bits per heavy atom. The van der Waals surface area contributed by atoms with Crippen molar-refractivity contribution in [2.45, 2.75) is 20.8 Å². The Bertz CT molecular complexity index is 287. The van der Waals surface area contributed by atoms with Gasteiger partial charge in [0.1, 0.15) is 13.1 Å². The number of methoxy groups -OCH3 is 2. The number of ether oxygens (including phenoxy) is 2. The van der Waals surface area contributed by atoms with Crippen LogP contribution >= 0.6 is 0 Å². The van der Waals surface area contributed by atoms with Gasteiger partial charge in [-0.25, -0.2) is 0 Å². The highest BCUT2D eigenvalue weighted by molar-refractivity contribution is 5.88. The van der Waals surface area contributed by atoms with Crippen molar-refractivity contribution < 1.29 is 23.9 Å². The van der Waals surface area contributed by atoms with Gasteiger partial charge < -0.3 is 14.4 Å². The molecular formula is C11H19NO5. The molecule has 0 aromatic heterocycles. The van der Waals surface area contributed by atoms with Gasteiger partial charge in [0.15, 0.2) is 0 Å². The van der Waals surface area contributed by atoms with E-state index in [1.807, 2.05) is 0 Å². The first-order chi connectivity index (χ1) is 7.72. The van der Waals surface area contributed by atoms with Crippen LogP contribution in [0.15, 0.2) is 0 Å². The van der Waals surface area contributed by atoms with Crippen LogP contribution < -0.4 is 0 Å². The lowest BCUT2D eigenvalue weighted by atomic mass is 9.94. The van der Waals surface area contributed by atoms with Crippen LogP contribution in [0.4, 0.5) is 0 Å². The first-order valence-corrected chi connectivity index (χ1v) is 5.15. The second-order valence-electron chi connectivity index (χ2n) is 4.56. The first-order valence-electron chi connectivity index (χ1n) is 5.15. The zero-order valence-corrected chi connectivity index (χ0v) is 10.9. The van der Waals surface area contributed by atoms with E-state index < -0.39 is 17.4 Å². The minimum atomic E-state index is -0.679. The Hall–Kier alpha value is -1.59. The molecule has 6 heteroatoms. The van der Waals surface area contributed by atoms with E-state index >= 15 is 0 Å². The molecule has 0 saturated heterocycles. The molecule has 17 heavy (non-hydrogen) atoms. The van der Waals surface area contributed by atoms with E-state index in [0.29, 0.717) is 0 Å². The average molecular weight is 245 g/mol. The van der Waals surface area contributed by atoms with Gasteiger partial charge in [-0.1, -0.05) is 20.8 Å². The summed E-state index contributed by atoms with van der Waals surface area (Å²) in [7, 11) is 2.44. The number of rotatable bonds is 4. The second kappa shape index (κ2) is 6.22. The van der Waals surface area contributed by atoms with Crippen molar-refractivity contribution in [2.75, 3.05) is 27.3 Å². The lowest BCUT2D eigenvalue weighted by Crippen LogP contribution is -2.45. The summed E-state index contributed by atoms with van der Waals surface area (Å²) in [4.78, 5) is 35.4. The van der Waals surface area contributed by atoms with Crippen molar-refractivity contribution in [3.05, 3.63) is 0 Å². The Morgan fingerprint density at radius 1 is 0.941 bits per heavy atom. The van der Waals surface area contributed by atoms with E-state index in [-0.39, 0.29) is 19.0 Å². The van der Waals surface area contributed by atoms with Crippen LogP contribution in [0.2, 0.25) is 0 Å². The number of amides is 1. The predicted octanol–water partition coefficient (Wildman–Crippen LogP) is 0.207. The van der Waals surface area contributed by atoms with Crippen LogP contribution in [-0.2, 0) is 23.9 Å². The van der Waals surface area contributed by atoms with Crippen LogP contribution in [-0.4, -0.2) is 50.1 Å². The number of esters is 2. The Morgan fingerprint density at radius 3 is 1.53 bits per heavy atom. The zero-order valence-electron chi connectivity index (χ0n) is 10.9. The van der Waals surface area contributed by atoms with Crippen LogP contribution in [0.5, 0.6) is 0 Å². The highest BCUT2D eigenvalue weighted by atomic mass is 16.5. The molecule has 0 aromatic carbocycles. The Labute approximate surface area is 101 Å². The summed E-state index contributed by atoms with van der Waals surface area (Å²) in [5.74, 6) is -1.47. The molecule has 0 aromatic rings. The fraction of sp³-hybridized carbons (Fsp3) is 0.727. The molecule has 98 valence electrons. The molecule has 0 saturated carbocycles. The normalized spacial score (nSPS) is 10.6. The Balaban J connectivity index is 4.79. The molecule has 0 rings (SSSR count). The largest absolute Gasteiger partial charge is 0.468 e. The zero-order chi connectivity index (χ0) is 13.6. The molecule has 0 aliphatic rings. The van der Waals surface area contributed by atoms with Gasteiger partial charge in [-0.2, -0.15) is 0 Å². The molecule has 0 bridgehead atoms. The van der Waals surface area contributed by atoms with E-state index in [4.69, 9.17) is 0 Å². The summed E-state index contributed by atoms with van der Waals surface area (Å²) in [6.07, 6.45) is 0. The maximum Gasteiger partial charge on any atom is 0.325 e. The molecule has 1 amide bonds. The van der Waals surface area contributed by atoms with E-state index in [1.165, 1.54) is 14.2 Å². The van der Waals surface area contributed by atoms with Gasteiger partial charge >= 0.3 is 11.9 Å². The molecular weight excluding hydrogens is 226 g/mol. The summed E-state index contributed by atoms with van der Waals surface area (Å²) in [6, 6.07) is 0. The summed E-state index contributed by atoms with van der Waals surface area (Å²) in [5.41, 5.74) is -0.679. The molecule has 0 unspecified atom stereocenters. The van der Waals surface area contributed by atoms with Crippen molar-refractivity contribution >= 4 is 17.8 Å². The number of carbonyl (C=O) groups is 3. The Kier molecular flexibility index (Phi) is 5.64. The maximum absolute atomic E-state index is 12.0. The van der Waals surface area contributed by atoms with E-state index in [0.717, 1.165) is 4.90 Å². The van der Waals surface area contributed by atoms with Crippen molar-refractivity contribution in [3.8, 4) is 0 Å². The number of hydrogen-bond donors (Lipinski definition) is 0. The summed E-state index contributed by atoms with van der Waals surface area (Å²) in [5, 5.41) is 0. The number of carbonyl (C=O) groups excluding carboxylic acids is 3. The van der Waals surface area contributed by atoms with Gasteiger partial charge in [0.2, 0.25) is 5.91 Å². The summed E-state index contributed by atoms with van der Waals surface area (Å²) >= 11 is 0. The topological polar surface area (TPSA) is 72.9 Å². The van der Waals surface area contributed by atoms with Gasteiger partial charge in [-0.15, -0.1) is 0 Å². The van der Waals surface area contributed by atoms with Crippen LogP contribution in [0.1, 0.15) is 20.8 Å². The smallest absolute Gasteiger partial charge is 0.325 e. The standard InChI is InChI=1S/C11H19NO5/c1-11(2,3)10(15)12(6-8(13)16-4)7-9(14)17-5/h6-7H2,1-5H3. The molecule has 0 spiro atoms. The minimum absolute atomic E-state index is 0.262. The van der Waals surface area contributed by atoms with E-state index in [1.54, 1.807) is 20.8 Å². The van der Waals surface area contributed by atoms with E-state index in [2.05, 4.69) is 9.47 Å². The van der Waals surface area contributed by atoms with Gasteiger partial charge in [0.25, 0.3) is 0 Å². The van der Waals surface area contributed by atoms with Crippen LogP contribution in [0, 0.1) is 5.41 Å². The molecule has 0 N–H and O–H groups in total. The van der Waals surface area contributed by atoms with Crippen LogP contribution in [0.25, 0.3) is 0 Å². The molecule has 0 heterocycles. The predicted molar refractivity (Wildman–Crippen MR) is 60.1 cm³/mol.